The molecule has 5 nitrogen and oxygen atoms in total. The van der Waals surface area contributed by atoms with Crippen molar-refractivity contribution in [3.8, 4) is 17.6 Å². The molecule has 0 bridgehead atoms. The SMILES string of the molecule is COc1cc(/C=C2/SC(=S)N(c3cccc(Br)c3)C2=O)cc(Br)c1OCc1ccc(C#N)cc1. The van der Waals surface area contributed by atoms with Gasteiger partial charge in [0, 0.05) is 4.47 Å². The van der Waals surface area contributed by atoms with Gasteiger partial charge in [-0.1, -0.05) is 58.1 Å². The Labute approximate surface area is 223 Å². The summed E-state index contributed by atoms with van der Waals surface area (Å²) in [6.45, 7) is 0.311. The topological polar surface area (TPSA) is 62.6 Å². The van der Waals surface area contributed by atoms with E-state index in [4.69, 9.17) is 27.0 Å². The molecule has 9 heteroatoms. The summed E-state index contributed by atoms with van der Waals surface area (Å²) >= 11 is 13.7. The molecule has 1 heterocycles. The van der Waals surface area contributed by atoms with E-state index in [1.165, 1.54) is 16.7 Å². The van der Waals surface area contributed by atoms with E-state index in [2.05, 4.69) is 37.9 Å². The van der Waals surface area contributed by atoms with Crippen LogP contribution in [0.15, 0.2) is 74.5 Å². The fourth-order valence-electron chi connectivity index (χ4n) is 3.25. The number of amides is 1. The molecule has 0 aliphatic carbocycles. The van der Waals surface area contributed by atoms with Crippen LogP contribution in [0.5, 0.6) is 11.5 Å². The van der Waals surface area contributed by atoms with Crippen LogP contribution in [-0.2, 0) is 11.4 Å². The highest BCUT2D eigenvalue weighted by atomic mass is 79.9. The van der Waals surface area contributed by atoms with Gasteiger partial charge in [0.2, 0.25) is 0 Å². The minimum Gasteiger partial charge on any atom is -0.493 e. The number of hydrogen-bond donors (Lipinski definition) is 0. The van der Waals surface area contributed by atoms with Gasteiger partial charge in [0.15, 0.2) is 15.8 Å². The lowest BCUT2D eigenvalue weighted by molar-refractivity contribution is -0.113. The molecule has 1 fully saturated rings. The lowest BCUT2D eigenvalue weighted by Gasteiger charge is -2.15. The average molecular weight is 616 g/mol. The van der Waals surface area contributed by atoms with E-state index >= 15 is 0 Å². The predicted octanol–water partition coefficient (Wildman–Crippen LogP) is 7.08. The Hall–Kier alpha value is -2.64. The summed E-state index contributed by atoms with van der Waals surface area (Å²) in [5.74, 6) is 0.895. The number of methoxy groups -OCH3 is 1. The van der Waals surface area contributed by atoms with E-state index in [1.807, 2.05) is 48.5 Å². The van der Waals surface area contributed by atoms with Crippen LogP contribution in [0.4, 0.5) is 5.69 Å². The van der Waals surface area contributed by atoms with Crippen molar-refractivity contribution in [2.45, 2.75) is 6.61 Å². The number of nitrogens with zero attached hydrogens (tertiary/aromatic N) is 2. The van der Waals surface area contributed by atoms with E-state index < -0.39 is 0 Å². The van der Waals surface area contributed by atoms with E-state index in [-0.39, 0.29) is 5.91 Å². The number of thioether (sulfide) groups is 1. The van der Waals surface area contributed by atoms with Gasteiger partial charge < -0.3 is 9.47 Å². The van der Waals surface area contributed by atoms with Crippen LogP contribution in [0.25, 0.3) is 6.08 Å². The number of ether oxygens (including phenoxy) is 2. The number of nitriles is 1. The molecule has 1 amide bonds. The Morgan fingerprint density at radius 1 is 1.15 bits per heavy atom. The molecule has 0 saturated carbocycles. The standard InChI is InChI=1S/C25H16Br2N2O3S2/c1-31-21-10-17(9-20(27)23(21)32-14-16-7-5-15(13-28)6-8-16)11-22-24(30)29(25(33)34-22)19-4-2-3-18(26)12-19/h2-12H,14H2,1H3/b22-11+. The molecule has 3 aromatic rings. The number of thiocarbonyl (C=S) groups is 1. The van der Waals surface area contributed by atoms with Crippen LogP contribution in [0, 0.1) is 11.3 Å². The molecule has 4 rings (SSSR count). The second-order valence-corrected chi connectivity index (χ2v) is 10.6. The van der Waals surface area contributed by atoms with Gasteiger partial charge in [-0.2, -0.15) is 5.26 Å². The quantitative estimate of drug-likeness (QED) is 0.218. The second-order valence-electron chi connectivity index (χ2n) is 7.13. The van der Waals surface area contributed by atoms with Crippen LogP contribution in [0.3, 0.4) is 0 Å². The third-order valence-corrected chi connectivity index (χ3v) is 7.26. The van der Waals surface area contributed by atoms with Crippen molar-refractivity contribution in [2.24, 2.45) is 0 Å². The Morgan fingerprint density at radius 3 is 2.59 bits per heavy atom. The van der Waals surface area contributed by atoms with Gasteiger partial charge in [0.25, 0.3) is 5.91 Å². The molecular weight excluding hydrogens is 600 g/mol. The highest BCUT2D eigenvalue weighted by Crippen LogP contribution is 2.40. The van der Waals surface area contributed by atoms with Gasteiger partial charge in [0.1, 0.15) is 6.61 Å². The molecular formula is C25H16Br2N2O3S2. The van der Waals surface area contributed by atoms with Gasteiger partial charge in [-0.25, -0.2) is 0 Å². The summed E-state index contributed by atoms with van der Waals surface area (Å²) in [6, 6.07) is 20.4. The molecule has 0 radical (unpaired) electrons. The molecule has 1 saturated heterocycles. The van der Waals surface area contributed by atoms with Crippen LogP contribution < -0.4 is 14.4 Å². The first-order valence-corrected chi connectivity index (χ1v) is 12.7. The Balaban J connectivity index is 1.56. The van der Waals surface area contributed by atoms with E-state index in [9.17, 15) is 4.79 Å². The summed E-state index contributed by atoms with van der Waals surface area (Å²) in [6.07, 6.45) is 1.79. The lowest BCUT2D eigenvalue weighted by atomic mass is 10.1. The average Bonchev–Trinajstić information content (AvgIpc) is 3.10. The molecule has 1 aliphatic rings. The molecule has 0 atom stereocenters. The van der Waals surface area contributed by atoms with Crippen LogP contribution in [0.1, 0.15) is 16.7 Å². The minimum atomic E-state index is -0.177. The zero-order valence-corrected chi connectivity index (χ0v) is 22.6. The summed E-state index contributed by atoms with van der Waals surface area (Å²) in [5, 5.41) is 8.94. The number of anilines is 1. The molecule has 3 aromatic carbocycles. The summed E-state index contributed by atoms with van der Waals surface area (Å²) < 4.78 is 13.6. The van der Waals surface area contributed by atoms with Crippen molar-refractivity contribution < 1.29 is 14.3 Å². The maximum Gasteiger partial charge on any atom is 0.270 e. The van der Waals surface area contributed by atoms with Gasteiger partial charge in [-0.05, 0) is 75.6 Å². The number of benzene rings is 3. The highest BCUT2D eigenvalue weighted by molar-refractivity contribution is 9.10. The number of carbonyl (C=O) groups excluding carboxylic acids is 1. The minimum absolute atomic E-state index is 0.177. The Kier molecular flexibility index (Phi) is 7.73. The van der Waals surface area contributed by atoms with Gasteiger partial charge in [-0.15, -0.1) is 0 Å². The number of hydrogen-bond acceptors (Lipinski definition) is 6. The van der Waals surface area contributed by atoms with Gasteiger partial charge in [0.05, 0.1) is 33.8 Å². The summed E-state index contributed by atoms with van der Waals surface area (Å²) in [7, 11) is 1.56. The maximum absolute atomic E-state index is 13.1. The second kappa shape index (κ2) is 10.7. The fraction of sp³-hybridized carbons (Fsp3) is 0.0800. The van der Waals surface area contributed by atoms with Crippen molar-refractivity contribution in [2.75, 3.05) is 12.0 Å². The summed E-state index contributed by atoms with van der Waals surface area (Å²) in [4.78, 5) is 15.1. The monoisotopic (exact) mass is 614 g/mol. The van der Waals surface area contributed by atoms with Gasteiger partial charge >= 0.3 is 0 Å². The number of carbonyl (C=O) groups is 1. The molecule has 0 N–H and O–H groups in total. The van der Waals surface area contributed by atoms with Crippen molar-refractivity contribution in [3.63, 3.8) is 0 Å². The molecule has 1 aliphatic heterocycles. The largest absolute Gasteiger partial charge is 0.493 e. The Morgan fingerprint density at radius 2 is 1.91 bits per heavy atom. The first-order valence-electron chi connectivity index (χ1n) is 9.92. The molecule has 0 aromatic heterocycles. The lowest BCUT2D eigenvalue weighted by Crippen LogP contribution is -2.27. The van der Waals surface area contributed by atoms with Crippen molar-refractivity contribution >= 4 is 77.8 Å². The van der Waals surface area contributed by atoms with Gasteiger partial charge in [-0.3, -0.25) is 9.69 Å². The van der Waals surface area contributed by atoms with Crippen molar-refractivity contribution in [1.82, 2.24) is 0 Å². The predicted molar refractivity (Wildman–Crippen MR) is 146 cm³/mol. The summed E-state index contributed by atoms with van der Waals surface area (Å²) in [5.41, 5.74) is 3.00. The van der Waals surface area contributed by atoms with Crippen LogP contribution >= 0.6 is 55.8 Å². The first-order chi connectivity index (χ1) is 16.4. The normalized spacial score (nSPS) is 14.4. The maximum atomic E-state index is 13.1. The van der Waals surface area contributed by atoms with E-state index in [1.54, 1.807) is 25.3 Å². The molecule has 0 unspecified atom stereocenters. The molecule has 34 heavy (non-hydrogen) atoms. The van der Waals surface area contributed by atoms with Crippen molar-refractivity contribution in [1.29, 1.82) is 5.26 Å². The molecule has 170 valence electrons. The smallest absolute Gasteiger partial charge is 0.270 e. The van der Waals surface area contributed by atoms with E-state index in [0.29, 0.717) is 43.1 Å². The van der Waals surface area contributed by atoms with E-state index in [0.717, 1.165) is 15.6 Å². The zero-order chi connectivity index (χ0) is 24.2. The third-order valence-electron chi connectivity index (χ3n) is 4.88. The van der Waals surface area contributed by atoms with Crippen LogP contribution in [0.2, 0.25) is 0 Å². The van der Waals surface area contributed by atoms with Crippen molar-refractivity contribution in [3.05, 3.63) is 91.2 Å². The Bertz CT molecular complexity index is 1350. The fourth-order valence-corrected chi connectivity index (χ4v) is 5.51. The zero-order valence-electron chi connectivity index (χ0n) is 17.7. The highest BCUT2D eigenvalue weighted by Gasteiger charge is 2.33. The first kappa shape index (κ1) is 24.5. The molecule has 0 spiro atoms. The number of rotatable bonds is 6. The van der Waals surface area contributed by atoms with Crippen LogP contribution in [-0.4, -0.2) is 17.3 Å². The number of halogens is 2. The third kappa shape index (κ3) is 5.36.